The maximum atomic E-state index is 13.9. The van der Waals surface area contributed by atoms with Gasteiger partial charge in [-0.15, -0.1) is 0 Å². The van der Waals surface area contributed by atoms with Crippen LogP contribution in [0.3, 0.4) is 0 Å². The number of carboxylic acid groups (broad SMARTS) is 1. The number of nitrogens with two attached hydrogens (primary N) is 1. The quantitative estimate of drug-likeness (QED) is 0.209. The van der Waals surface area contributed by atoms with Crippen molar-refractivity contribution in [3.63, 3.8) is 0 Å². The number of nitrogens with one attached hydrogen (secondary N) is 1. The summed E-state index contributed by atoms with van der Waals surface area (Å²) in [5.74, 6) is -2.31. The Balaban J connectivity index is 1.33. The SMILES string of the molecule is CC(C)(C)NC(=O)/N=C/C(CCCCCCC[C@@H]1C[C@]1(C)C(=O)O)C(=O)N1C[C@H](OC(=O)N2Cc3ccccc3C2)C[C@H]1C(N)=O. The number of nitrogens with zero attached hydrogens (tertiary/aromatic N) is 3. The van der Waals surface area contributed by atoms with E-state index >= 15 is 0 Å². The predicted molar refractivity (Wildman–Crippen MR) is 172 cm³/mol. The number of aliphatic carboxylic acids is 1. The van der Waals surface area contributed by atoms with Crippen LogP contribution >= 0.6 is 0 Å². The number of carbonyl (C=O) groups excluding carboxylic acids is 4. The summed E-state index contributed by atoms with van der Waals surface area (Å²) >= 11 is 0. The Bertz CT molecular complexity index is 1320. The summed E-state index contributed by atoms with van der Waals surface area (Å²) < 4.78 is 5.76. The third-order valence-electron chi connectivity index (χ3n) is 9.38. The van der Waals surface area contributed by atoms with Gasteiger partial charge in [-0.1, -0.05) is 56.4 Å². The normalized spacial score (nSPS) is 24.5. The molecule has 3 aliphatic rings. The fourth-order valence-corrected chi connectivity index (χ4v) is 6.48. The molecule has 1 aromatic carbocycles. The minimum Gasteiger partial charge on any atom is -0.481 e. The van der Waals surface area contributed by atoms with Crippen LogP contribution in [0.15, 0.2) is 29.3 Å². The molecular formula is C34H49N5O7. The number of benzene rings is 1. The molecule has 0 bridgehead atoms. The number of aliphatic imine (C=N–C) groups is 1. The van der Waals surface area contributed by atoms with Crippen LogP contribution in [-0.2, 0) is 32.2 Å². The maximum absolute atomic E-state index is 13.9. The van der Waals surface area contributed by atoms with Crippen molar-refractivity contribution in [2.24, 2.45) is 28.0 Å². The van der Waals surface area contributed by atoms with Crippen LogP contribution < -0.4 is 11.1 Å². The van der Waals surface area contributed by atoms with Gasteiger partial charge in [0, 0.05) is 31.3 Å². The van der Waals surface area contributed by atoms with Crippen molar-refractivity contribution in [1.29, 1.82) is 0 Å². The average molecular weight is 640 g/mol. The van der Waals surface area contributed by atoms with E-state index in [1.807, 2.05) is 52.0 Å². The number of unbranched alkanes of at least 4 members (excludes halogenated alkanes) is 4. The number of carboxylic acids is 1. The lowest BCUT2D eigenvalue weighted by atomic mass is 9.98. The van der Waals surface area contributed by atoms with Crippen LogP contribution in [0, 0.1) is 17.3 Å². The number of fused-ring (bicyclic) bond motifs is 1. The molecule has 0 aromatic heterocycles. The van der Waals surface area contributed by atoms with Crippen LogP contribution in [-0.4, -0.2) is 75.3 Å². The molecule has 1 unspecified atom stereocenters. The van der Waals surface area contributed by atoms with Gasteiger partial charge in [-0.2, -0.15) is 0 Å². The average Bonchev–Trinajstić information content (AvgIpc) is 3.30. The van der Waals surface area contributed by atoms with Crippen LogP contribution in [0.2, 0.25) is 0 Å². The Kier molecular flexibility index (Phi) is 11.1. The second-order valence-corrected chi connectivity index (χ2v) is 14.3. The maximum Gasteiger partial charge on any atom is 0.410 e. The van der Waals surface area contributed by atoms with Crippen molar-refractivity contribution < 1.29 is 33.8 Å². The molecule has 4 rings (SSSR count). The first-order valence-corrected chi connectivity index (χ1v) is 16.4. The van der Waals surface area contributed by atoms with Crippen LogP contribution in [0.25, 0.3) is 0 Å². The predicted octanol–water partition coefficient (Wildman–Crippen LogP) is 4.63. The van der Waals surface area contributed by atoms with Crippen molar-refractivity contribution >= 4 is 36.1 Å². The molecule has 2 fully saturated rings. The van der Waals surface area contributed by atoms with Gasteiger partial charge in [0.15, 0.2) is 0 Å². The molecular weight excluding hydrogens is 590 g/mol. The number of rotatable bonds is 13. The highest BCUT2D eigenvalue weighted by Crippen LogP contribution is 2.55. The molecule has 1 aromatic rings. The van der Waals surface area contributed by atoms with Crippen LogP contribution in [0.1, 0.15) is 96.6 Å². The molecule has 0 radical (unpaired) electrons. The number of urea groups is 1. The van der Waals surface area contributed by atoms with Gasteiger partial charge in [-0.25, -0.2) is 14.6 Å². The van der Waals surface area contributed by atoms with Crippen LogP contribution in [0.5, 0.6) is 0 Å². The summed E-state index contributed by atoms with van der Waals surface area (Å²) in [7, 11) is 0. The zero-order chi connectivity index (χ0) is 33.6. The zero-order valence-corrected chi connectivity index (χ0v) is 27.5. The number of likely N-dealkylation sites (tertiary alicyclic amines) is 1. The highest BCUT2D eigenvalue weighted by atomic mass is 16.6. The molecule has 12 nitrogen and oxygen atoms in total. The minimum atomic E-state index is -0.945. The summed E-state index contributed by atoms with van der Waals surface area (Å²) in [6.45, 7) is 8.19. The highest BCUT2D eigenvalue weighted by Gasteiger charge is 2.55. The molecule has 1 aliphatic carbocycles. The van der Waals surface area contributed by atoms with E-state index in [1.54, 1.807) is 4.90 Å². The van der Waals surface area contributed by atoms with Gasteiger partial charge < -0.3 is 25.8 Å². The molecule has 46 heavy (non-hydrogen) atoms. The molecule has 2 aliphatic heterocycles. The van der Waals surface area contributed by atoms with Crippen molar-refractivity contribution in [3.05, 3.63) is 35.4 Å². The first-order valence-electron chi connectivity index (χ1n) is 16.4. The Morgan fingerprint density at radius 3 is 2.30 bits per heavy atom. The van der Waals surface area contributed by atoms with Gasteiger partial charge >= 0.3 is 18.1 Å². The van der Waals surface area contributed by atoms with Crippen LogP contribution in [0.4, 0.5) is 9.59 Å². The lowest BCUT2D eigenvalue weighted by Crippen LogP contribution is -2.46. The highest BCUT2D eigenvalue weighted by molar-refractivity contribution is 5.99. The van der Waals surface area contributed by atoms with Gasteiger partial charge in [-0.3, -0.25) is 19.3 Å². The van der Waals surface area contributed by atoms with E-state index in [0.717, 1.165) is 49.7 Å². The Morgan fingerprint density at radius 1 is 1.09 bits per heavy atom. The molecule has 5 atom stereocenters. The number of carbonyl (C=O) groups is 5. The van der Waals surface area contributed by atoms with Gasteiger partial charge in [0.25, 0.3) is 0 Å². The topological polar surface area (TPSA) is 172 Å². The summed E-state index contributed by atoms with van der Waals surface area (Å²) in [5.41, 5.74) is 6.74. The Labute approximate surface area is 271 Å². The van der Waals surface area contributed by atoms with E-state index in [9.17, 15) is 29.1 Å². The number of primary amides is 1. The van der Waals surface area contributed by atoms with Crippen molar-refractivity contribution in [2.75, 3.05) is 6.54 Å². The summed E-state index contributed by atoms with van der Waals surface area (Å²) in [6.07, 6.45) is 6.72. The Hall–Kier alpha value is -3.96. The summed E-state index contributed by atoms with van der Waals surface area (Å²) in [4.78, 5) is 70.1. The zero-order valence-electron chi connectivity index (χ0n) is 27.5. The van der Waals surface area contributed by atoms with Crippen molar-refractivity contribution in [1.82, 2.24) is 15.1 Å². The number of ether oxygens (including phenoxy) is 1. The molecule has 252 valence electrons. The lowest BCUT2D eigenvalue weighted by molar-refractivity contribution is -0.143. The van der Waals surface area contributed by atoms with E-state index in [0.29, 0.717) is 25.9 Å². The standard InChI is InChI=1S/C34H49N5O7/c1-33(2,3)37-31(44)36-18-22(12-8-6-5-7-9-15-25-17-34(25,4)30(42)43)29(41)39-21-26(16-27(39)28(35)40)46-32(45)38-19-23-13-10-11-14-24(23)20-38/h10-11,13-14,18,22,25-27H,5-9,12,15-17,19-21H2,1-4H3,(H2,35,40)(H,37,44)(H,42,43)/b36-18+/t22?,25-,26-,27+,34+/m1/s1. The van der Waals surface area contributed by atoms with E-state index < -0.39 is 53.0 Å². The van der Waals surface area contributed by atoms with Gasteiger partial charge in [0.05, 0.1) is 17.9 Å². The number of amides is 5. The third-order valence-corrected chi connectivity index (χ3v) is 9.38. The fraction of sp³-hybridized carbons (Fsp3) is 0.647. The van der Waals surface area contributed by atoms with Crippen molar-refractivity contribution in [3.8, 4) is 0 Å². The second-order valence-electron chi connectivity index (χ2n) is 14.3. The van der Waals surface area contributed by atoms with Gasteiger partial charge in [-0.05, 0) is 64.0 Å². The van der Waals surface area contributed by atoms with Crippen molar-refractivity contribution in [2.45, 2.75) is 116 Å². The number of hydrogen-bond acceptors (Lipinski definition) is 6. The second kappa shape index (κ2) is 14.6. The minimum absolute atomic E-state index is 0.0218. The number of hydrogen-bond donors (Lipinski definition) is 3. The molecule has 4 N–H and O–H groups in total. The molecule has 1 saturated carbocycles. The third kappa shape index (κ3) is 9.07. The summed E-state index contributed by atoms with van der Waals surface area (Å²) in [5, 5.41) is 12.1. The first-order chi connectivity index (χ1) is 21.7. The van der Waals surface area contributed by atoms with E-state index in [-0.39, 0.29) is 24.8 Å². The lowest BCUT2D eigenvalue weighted by Gasteiger charge is -2.25. The fourth-order valence-electron chi connectivity index (χ4n) is 6.48. The Morgan fingerprint density at radius 2 is 1.72 bits per heavy atom. The van der Waals surface area contributed by atoms with Gasteiger partial charge in [0.2, 0.25) is 11.8 Å². The largest absolute Gasteiger partial charge is 0.481 e. The van der Waals surface area contributed by atoms with Gasteiger partial charge in [0.1, 0.15) is 12.1 Å². The monoisotopic (exact) mass is 639 g/mol. The smallest absolute Gasteiger partial charge is 0.410 e. The molecule has 2 heterocycles. The first kappa shape index (κ1) is 34.9. The van der Waals surface area contributed by atoms with E-state index in [2.05, 4.69) is 10.3 Å². The molecule has 12 heteroatoms. The van der Waals surface area contributed by atoms with E-state index in [4.69, 9.17) is 10.5 Å². The summed E-state index contributed by atoms with van der Waals surface area (Å²) in [6, 6.07) is 6.27. The van der Waals surface area contributed by atoms with E-state index in [1.165, 1.54) is 11.1 Å². The molecule has 0 spiro atoms. The molecule has 1 saturated heterocycles. The molecule has 5 amide bonds.